The van der Waals surface area contributed by atoms with Crippen molar-refractivity contribution in [2.75, 3.05) is 6.54 Å². The van der Waals surface area contributed by atoms with Crippen LogP contribution < -0.4 is 10.1 Å². The van der Waals surface area contributed by atoms with Crippen LogP contribution in [0.3, 0.4) is 0 Å². The Morgan fingerprint density at radius 2 is 2.04 bits per heavy atom. The van der Waals surface area contributed by atoms with Crippen LogP contribution in [0.1, 0.15) is 37.6 Å². The Labute approximate surface area is 153 Å². The molecule has 0 fully saturated rings. The normalized spacial score (nSPS) is 12.1. The summed E-state index contributed by atoms with van der Waals surface area (Å²) in [5.74, 6) is -0.436. The summed E-state index contributed by atoms with van der Waals surface area (Å²) in [6, 6.07) is 1.28. The summed E-state index contributed by atoms with van der Waals surface area (Å²) in [6.07, 6.45) is -2.09. The number of halogens is 3. The van der Waals surface area contributed by atoms with Gasteiger partial charge in [0.2, 0.25) is 0 Å². The first kappa shape index (κ1) is 20.5. The van der Waals surface area contributed by atoms with Crippen LogP contribution in [0.25, 0.3) is 11.0 Å². The van der Waals surface area contributed by atoms with Crippen molar-refractivity contribution in [1.29, 1.82) is 0 Å². The van der Waals surface area contributed by atoms with Crippen molar-refractivity contribution in [1.82, 2.24) is 14.9 Å². The van der Waals surface area contributed by atoms with Gasteiger partial charge in [-0.1, -0.05) is 0 Å². The molecule has 0 saturated heterocycles. The zero-order valence-corrected chi connectivity index (χ0v) is 15.1. The highest BCUT2D eigenvalue weighted by Crippen LogP contribution is 2.32. The topological polar surface area (TPSA) is 82.5 Å². The summed E-state index contributed by atoms with van der Waals surface area (Å²) in [6.45, 7) is 5.75. The van der Waals surface area contributed by atoms with Crippen LogP contribution in [0, 0.1) is 0 Å². The van der Waals surface area contributed by atoms with Gasteiger partial charge in [-0.15, -0.1) is 13.2 Å². The molecular weight excluding hydrogens is 367 g/mol. The van der Waals surface area contributed by atoms with Gasteiger partial charge in [0.25, 0.3) is 0 Å². The SMILES string of the molecule is CC(C)(C)OC(=O)NCCCn1cc(OC(F)(F)F)c2cc(C=O)cnc21. The Kier molecular flexibility index (Phi) is 5.97. The smallest absolute Gasteiger partial charge is 0.444 e. The van der Waals surface area contributed by atoms with Gasteiger partial charge in [0, 0.05) is 31.0 Å². The molecule has 0 bridgehead atoms. The number of pyridine rings is 1. The van der Waals surface area contributed by atoms with Gasteiger partial charge in [0.15, 0.2) is 12.0 Å². The van der Waals surface area contributed by atoms with Gasteiger partial charge < -0.3 is 19.4 Å². The summed E-state index contributed by atoms with van der Waals surface area (Å²) in [7, 11) is 0. The molecule has 10 heteroatoms. The van der Waals surface area contributed by atoms with E-state index in [1.54, 1.807) is 20.8 Å². The van der Waals surface area contributed by atoms with Crippen molar-refractivity contribution in [2.45, 2.75) is 45.7 Å². The lowest BCUT2D eigenvalue weighted by Gasteiger charge is -2.19. The molecule has 0 saturated carbocycles. The lowest BCUT2D eigenvalue weighted by molar-refractivity contribution is -0.274. The molecule has 0 spiro atoms. The standard InChI is InChI=1S/C17H20F3N3O4/c1-16(2,3)27-15(25)21-5-4-6-23-9-13(26-17(18,19)20)12-7-11(10-24)8-22-14(12)23/h7-10H,4-6H2,1-3H3,(H,21,25). The number of amides is 1. The minimum Gasteiger partial charge on any atom is -0.444 e. The molecule has 148 valence electrons. The van der Waals surface area contributed by atoms with E-state index in [9.17, 15) is 22.8 Å². The fourth-order valence-corrected chi connectivity index (χ4v) is 2.35. The number of aryl methyl sites for hydroxylation is 1. The molecular formula is C17H20F3N3O4. The molecule has 0 atom stereocenters. The van der Waals surface area contributed by atoms with Crippen LogP contribution in [0.4, 0.5) is 18.0 Å². The van der Waals surface area contributed by atoms with E-state index >= 15 is 0 Å². The molecule has 1 amide bonds. The summed E-state index contributed by atoms with van der Waals surface area (Å²) in [4.78, 5) is 26.5. The maximum Gasteiger partial charge on any atom is 0.573 e. The van der Waals surface area contributed by atoms with E-state index in [2.05, 4.69) is 15.0 Å². The third kappa shape index (κ3) is 6.15. The van der Waals surface area contributed by atoms with Gasteiger partial charge >= 0.3 is 12.5 Å². The van der Waals surface area contributed by atoms with Crippen molar-refractivity contribution < 1.29 is 32.2 Å². The summed E-state index contributed by atoms with van der Waals surface area (Å²) >= 11 is 0. The molecule has 0 aromatic carbocycles. The second-order valence-corrected chi connectivity index (χ2v) is 6.77. The third-order valence-corrected chi connectivity index (χ3v) is 3.30. The number of rotatable bonds is 6. The highest BCUT2D eigenvalue weighted by Gasteiger charge is 2.33. The number of nitrogens with one attached hydrogen (secondary N) is 1. The second kappa shape index (κ2) is 7.85. The maximum absolute atomic E-state index is 12.6. The van der Waals surface area contributed by atoms with Crippen LogP contribution >= 0.6 is 0 Å². The van der Waals surface area contributed by atoms with Crippen molar-refractivity contribution in [3.63, 3.8) is 0 Å². The quantitative estimate of drug-likeness (QED) is 0.604. The molecule has 1 N–H and O–H groups in total. The first-order chi connectivity index (χ1) is 12.5. The number of aldehydes is 1. The Morgan fingerprint density at radius 1 is 1.33 bits per heavy atom. The zero-order valence-electron chi connectivity index (χ0n) is 15.1. The Morgan fingerprint density at radius 3 is 2.63 bits per heavy atom. The molecule has 2 aromatic heterocycles. The maximum atomic E-state index is 12.6. The van der Waals surface area contributed by atoms with E-state index < -0.39 is 23.8 Å². The number of hydrogen-bond acceptors (Lipinski definition) is 5. The third-order valence-electron chi connectivity index (χ3n) is 3.30. The number of fused-ring (bicyclic) bond motifs is 1. The fourth-order valence-electron chi connectivity index (χ4n) is 2.35. The Balaban J connectivity index is 2.09. The summed E-state index contributed by atoms with van der Waals surface area (Å²) < 4.78 is 48.4. The van der Waals surface area contributed by atoms with Gasteiger partial charge in [0.05, 0.1) is 5.39 Å². The van der Waals surface area contributed by atoms with Gasteiger partial charge in [0.1, 0.15) is 11.2 Å². The van der Waals surface area contributed by atoms with E-state index in [0.717, 1.165) is 0 Å². The molecule has 0 unspecified atom stereocenters. The largest absolute Gasteiger partial charge is 0.573 e. The number of alkyl carbamates (subject to hydrolysis) is 1. The number of nitrogens with zero attached hydrogens (tertiary/aromatic N) is 2. The lowest BCUT2D eigenvalue weighted by atomic mass is 10.2. The van der Waals surface area contributed by atoms with Crippen molar-refractivity contribution >= 4 is 23.4 Å². The number of carbonyl (C=O) groups excluding carboxylic acids is 2. The lowest BCUT2D eigenvalue weighted by Crippen LogP contribution is -2.33. The van der Waals surface area contributed by atoms with Crippen LogP contribution in [0.15, 0.2) is 18.5 Å². The van der Waals surface area contributed by atoms with Crippen molar-refractivity contribution in [2.24, 2.45) is 0 Å². The minimum atomic E-state index is -4.87. The highest BCUT2D eigenvalue weighted by atomic mass is 19.4. The average molecular weight is 387 g/mol. The number of hydrogen-bond donors (Lipinski definition) is 1. The van der Waals surface area contributed by atoms with Gasteiger partial charge in [-0.05, 0) is 33.3 Å². The van der Waals surface area contributed by atoms with Crippen molar-refractivity contribution in [3.05, 3.63) is 24.0 Å². The summed E-state index contributed by atoms with van der Waals surface area (Å²) in [5.41, 5.74) is -0.235. The predicted octanol–water partition coefficient (Wildman–Crippen LogP) is 3.66. The van der Waals surface area contributed by atoms with E-state index in [-0.39, 0.29) is 29.7 Å². The van der Waals surface area contributed by atoms with Gasteiger partial charge in [-0.3, -0.25) is 4.79 Å². The highest BCUT2D eigenvalue weighted by molar-refractivity contribution is 5.89. The van der Waals surface area contributed by atoms with Crippen LogP contribution in [0.5, 0.6) is 5.75 Å². The van der Waals surface area contributed by atoms with Gasteiger partial charge in [-0.2, -0.15) is 0 Å². The second-order valence-electron chi connectivity index (χ2n) is 6.77. The Hall–Kier alpha value is -2.78. The van der Waals surface area contributed by atoms with E-state index in [1.165, 1.54) is 23.0 Å². The van der Waals surface area contributed by atoms with E-state index in [1.807, 2.05) is 0 Å². The van der Waals surface area contributed by atoms with Crippen LogP contribution in [0.2, 0.25) is 0 Å². The van der Waals surface area contributed by atoms with E-state index in [0.29, 0.717) is 12.7 Å². The average Bonchev–Trinajstić information content (AvgIpc) is 2.85. The first-order valence-corrected chi connectivity index (χ1v) is 8.15. The zero-order chi connectivity index (χ0) is 20.2. The minimum absolute atomic E-state index is 0.0806. The fraction of sp³-hybridized carbons (Fsp3) is 0.471. The first-order valence-electron chi connectivity index (χ1n) is 8.15. The van der Waals surface area contributed by atoms with Crippen LogP contribution in [-0.4, -0.2) is 40.4 Å². The molecule has 27 heavy (non-hydrogen) atoms. The predicted molar refractivity (Wildman–Crippen MR) is 90.7 cm³/mol. The monoisotopic (exact) mass is 387 g/mol. The molecule has 7 nitrogen and oxygen atoms in total. The number of aromatic nitrogens is 2. The molecule has 2 aromatic rings. The molecule has 0 aliphatic rings. The number of carbonyl (C=O) groups is 2. The van der Waals surface area contributed by atoms with E-state index in [4.69, 9.17) is 4.74 Å². The number of alkyl halides is 3. The molecule has 0 aliphatic carbocycles. The van der Waals surface area contributed by atoms with Crippen molar-refractivity contribution in [3.8, 4) is 5.75 Å². The summed E-state index contributed by atoms with van der Waals surface area (Å²) in [5, 5.41) is 2.65. The number of ether oxygens (including phenoxy) is 2. The van der Waals surface area contributed by atoms with Gasteiger partial charge in [-0.25, -0.2) is 9.78 Å². The van der Waals surface area contributed by atoms with Crippen LogP contribution in [-0.2, 0) is 11.3 Å². The molecule has 2 heterocycles. The Bertz CT molecular complexity index is 825. The molecule has 0 radical (unpaired) electrons. The molecule has 0 aliphatic heterocycles. The molecule has 2 rings (SSSR count).